The summed E-state index contributed by atoms with van der Waals surface area (Å²) in [7, 11) is 0. The molecule has 1 N–H and O–H groups in total. The Bertz CT molecular complexity index is 1340. The van der Waals surface area contributed by atoms with E-state index in [0.717, 1.165) is 23.2 Å². The van der Waals surface area contributed by atoms with Gasteiger partial charge in [0, 0.05) is 29.4 Å². The maximum atomic E-state index is 13.2. The van der Waals surface area contributed by atoms with Crippen molar-refractivity contribution >= 4 is 28.3 Å². The molecule has 0 atom stereocenters. The van der Waals surface area contributed by atoms with Gasteiger partial charge in [-0.25, -0.2) is 9.97 Å². The Labute approximate surface area is 173 Å². The number of hydrogen-bond acceptors (Lipinski definition) is 3. The second kappa shape index (κ2) is 6.84. The number of rotatable bonds is 3. The van der Waals surface area contributed by atoms with Crippen LogP contribution >= 0.6 is 11.6 Å². The zero-order valence-corrected chi connectivity index (χ0v) is 16.0. The van der Waals surface area contributed by atoms with E-state index in [2.05, 4.69) is 19.9 Å². The monoisotopic (exact) mass is 427 g/mol. The molecule has 0 radical (unpaired) electrons. The third-order valence-corrected chi connectivity index (χ3v) is 5.09. The molecule has 1 aromatic carbocycles. The Balaban J connectivity index is 1.68. The van der Waals surface area contributed by atoms with Crippen molar-refractivity contribution in [2.45, 2.75) is 12.6 Å². The lowest BCUT2D eigenvalue weighted by atomic mass is 10.1. The predicted molar refractivity (Wildman–Crippen MR) is 107 cm³/mol. The summed E-state index contributed by atoms with van der Waals surface area (Å²) in [5.74, 6) is 0.662. The van der Waals surface area contributed by atoms with Crippen molar-refractivity contribution in [1.29, 1.82) is 0 Å². The van der Waals surface area contributed by atoms with Gasteiger partial charge in [-0.15, -0.1) is 0 Å². The van der Waals surface area contributed by atoms with Gasteiger partial charge in [-0.2, -0.15) is 13.2 Å². The molecule has 0 saturated heterocycles. The number of pyridine rings is 2. The summed E-state index contributed by atoms with van der Waals surface area (Å²) in [6.45, 7) is 0. The van der Waals surface area contributed by atoms with Crippen LogP contribution in [0.2, 0.25) is 5.02 Å². The molecule has 4 aromatic heterocycles. The molecule has 0 fully saturated rings. The van der Waals surface area contributed by atoms with Gasteiger partial charge < -0.3 is 9.38 Å². The van der Waals surface area contributed by atoms with E-state index in [9.17, 15) is 13.2 Å². The first-order valence-corrected chi connectivity index (χ1v) is 9.39. The van der Waals surface area contributed by atoms with Gasteiger partial charge in [0.15, 0.2) is 0 Å². The molecule has 0 aliphatic carbocycles. The van der Waals surface area contributed by atoms with E-state index in [0.29, 0.717) is 34.2 Å². The largest absolute Gasteiger partial charge is 0.416 e. The molecule has 0 saturated carbocycles. The minimum Gasteiger partial charge on any atom is -0.342 e. The van der Waals surface area contributed by atoms with E-state index in [1.165, 1.54) is 6.20 Å². The quantitative estimate of drug-likeness (QED) is 0.411. The fraction of sp³-hybridized carbons (Fsp3) is 0.0952. The number of H-pyrrole nitrogens is 1. The van der Waals surface area contributed by atoms with E-state index < -0.39 is 11.7 Å². The molecule has 5 aromatic rings. The summed E-state index contributed by atoms with van der Waals surface area (Å²) in [6.07, 6.45) is 0.610. The standard InChI is InChI=1S/C21H13ClF3N5/c22-14-3-1-12(2-4-14)20-17(10-18-27-15-5-7-26-11-16(15)28-18)30-8-6-13(21(23,24)25)9-19(30)29-20/h1-9,11H,10H2,(H,27,28). The molecular weight excluding hydrogens is 415 g/mol. The molecule has 150 valence electrons. The smallest absolute Gasteiger partial charge is 0.342 e. The number of nitrogens with zero attached hydrogens (tertiary/aromatic N) is 4. The SMILES string of the molecule is FC(F)(F)c1ccn2c(Cc3nc4cnccc4[nH]3)c(-c3ccc(Cl)cc3)nc2c1. The third kappa shape index (κ3) is 3.29. The van der Waals surface area contributed by atoms with Crippen molar-refractivity contribution in [2.75, 3.05) is 0 Å². The molecule has 5 rings (SSSR count). The van der Waals surface area contributed by atoms with Gasteiger partial charge >= 0.3 is 6.18 Å². The van der Waals surface area contributed by atoms with Gasteiger partial charge in [-0.3, -0.25) is 4.98 Å². The van der Waals surface area contributed by atoms with E-state index in [1.807, 2.05) is 6.07 Å². The lowest BCUT2D eigenvalue weighted by Gasteiger charge is -2.07. The number of halogens is 4. The van der Waals surface area contributed by atoms with Crippen molar-refractivity contribution in [3.05, 3.63) is 83.2 Å². The van der Waals surface area contributed by atoms with Crippen LogP contribution in [0, 0.1) is 0 Å². The van der Waals surface area contributed by atoms with Gasteiger partial charge in [0.2, 0.25) is 0 Å². The van der Waals surface area contributed by atoms with Crippen molar-refractivity contribution in [3.8, 4) is 11.3 Å². The van der Waals surface area contributed by atoms with Gasteiger partial charge in [0.1, 0.15) is 17.0 Å². The van der Waals surface area contributed by atoms with Crippen LogP contribution in [0.15, 0.2) is 61.1 Å². The first-order chi connectivity index (χ1) is 14.4. The van der Waals surface area contributed by atoms with Gasteiger partial charge in [-0.05, 0) is 30.3 Å². The van der Waals surface area contributed by atoms with Crippen LogP contribution in [0.3, 0.4) is 0 Å². The zero-order valence-electron chi connectivity index (χ0n) is 15.3. The molecule has 4 heterocycles. The molecule has 0 amide bonds. The summed E-state index contributed by atoms with van der Waals surface area (Å²) in [5, 5.41) is 0.563. The maximum Gasteiger partial charge on any atom is 0.416 e. The van der Waals surface area contributed by atoms with E-state index in [4.69, 9.17) is 11.6 Å². The molecule has 0 aliphatic rings. The van der Waals surface area contributed by atoms with E-state index in [1.54, 1.807) is 41.1 Å². The highest BCUT2D eigenvalue weighted by Crippen LogP contribution is 2.32. The number of nitrogens with one attached hydrogen (secondary N) is 1. The van der Waals surface area contributed by atoms with E-state index in [-0.39, 0.29) is 5.65 Å². The Morgan fingerprint density at radius 1 is 1.03 bits per heavy atom. The summed E-state index contributed by atoms with van der Waals surface area (Å²) in [4.78, 5) is 16.3. The van der Waals surface area contributed by atoms with Crippen molar-refractivity contribution in [1.82, 2.24) is 24.3 Å². The predicted octanol–water partition coefficient (Wildman–Crippen LogP) is 5.54. The highest BCUT2D eigenvalue weighted by Gasteiger charge is 2.31. The topological polar surface area (TPSA) is 58.9 Å². The Morgan fingerprint density at radius 2 is 1.83 bits per heavy atom. The molecule has 0 bridgehead atoms. The van der Waals surface area contributed by atoms with Crippen LogP contribution in [0.25, 0.3) is 27.9 Å². The van der Waals surface area contributed by atoms with Crippen molar-refractivity contribution in [2.24, 2.45) is 0 Å². The Morgan fingerprint density at radius 3 is 2.57 bits per heavy atom. The van der Waals surface area contributed by atoms with Crippen molar-refractivity contribution in [3.63, 3.8) is 0 Å². The molecule has 9 heteroatoms. The number of aromatic amines is 1. The number of aromatic nitrogens is 5. The fourth-order valence-corrected chi connectivity index (χ4v) is 3.56. The second-order valence-electron chi connectivity index (χ2n) is 6.81. The molecule has 0 spiro atoms. The van der Waals surface area contributed by atoms with E-state index >= 15 is 0 Å². The third-order valence-electron chi connectivity index (χ3n) is 4.84. The van der Waals surface area contributed by atoms with Crippen LogP contribution in [-0.2, 0) is 12.6 Å². The molecule has 30 heavy (non-hydrogen) atoms. The molecular formula is C21H13ClF3N5. The first kappa shape index (κ1) is 18.6. The van der Waals surface area contributed by atoms with Crippen LogP contribution in [0.1, 0.15) is 17.1 Å². The van der Waals surface area contributed by atoms with Gasteiger partial charge in [-0.1, -0.05) is 23.7 Å². The minimum atomic E-state index is -4.44. The maximum absolute atomic E-state index is 13.2. The van der Waals surface area contributed by atoms with Gasteiger partial charge in [0.05, 0.1) is 28.7 Å². The second-order valence-corrected chi connectivity index (χ2v) is 7.24. The van der Waals surface area contributed by atoms with Crippen molar-refractivity contribution < 1.29 is 13.2 Å². The van der Waals surface area contributed by atoms with Crippen LogP contribution < -0.4 is 0 Å². The molecule has 0 aliphatic heterocycles. The van der Waals surface area contributed by atoms with Crippen LogP contribution in [-0.4, -0.2) is 24.3 Å². The van der Waals surface area contributed by atoms with Crippen LogP contribution in [0.5, 0.6) is 0 Å². The number of hydrogen-bond donors (Lipinski definition) is 1. The normalized spacial score (nSPS) is 12.1. The summed E-state index contributed by atoms with van der Waals surface area (Å²) in [5.41, 5.74) is 3.06. The van der Waals surface area contributed by atoms with Gasteiger partial charge in [0.25, 0.3) is 0 Å². The highest BCUT2D eigenvalue weighted by atomic mass is 35.5. The minimum absolute atomic E-state index is 0.211. The van der Waals surface area contributed by atoms with Crippen LogP contribution in [0.4, 0.5) is 13.2 Å². The number of imidazole rings is 2. The average molecular weight is 428 g/mol. The lowest BCUT2D eigenvalue weighted by Crippen LogP contribution is -2.06. The highest BCUT2D eigenvalue weighted by molar-refractivity contribution is 6.30. The fourth-order valence-electron chi connectivity index (χ4n) is 3.43. The summed E-state index contributed by atoms with van der Waals surface area (Å²) < 4.78 is 41.2. The first-order valence-electron chi connectivity index (χ1n) is 9.01. The number of fused-ring (bicyclic) bond motifs is 2. The lowest BCUT2D eigenvalue weighted by molar-refractivity contribution is -0.137. The molecule has 0 unspecified atom stereocenters. The Kier molecular flexibility index (Phi) is 4.25. The summed E-state index contributed by atoms with van der Waals surface area (Å²) >= 11 is 5.99. The zero-order chi connectivity index (χ0) is 20.9. The molecule has 5 nitrogen and oxygen atoms in total. The average Bonchev–Trinajstić information content (AvgIpc) is 3.29. The number of alkyl halides is 3. The Hall–Kier alpha value is -3.39. The summed E-state index contributed by atoms with van der Waals surface area (Å²) in [6, 6.07) is 10.9. The number of benzene rings is 1.